The van der Waals surface area contributed by atoms with Gasteiger partial charge in [-0.2, -0.15) is 5.10 Å². The zero-order valence-electron chi connectivity index (χ0n) is 13.6. The standard InChI is InChI=1S/C18H19N5O/c1-22-15-8-10-23(16-11-17(24)20-12-19-16)9-7-14(15)18(21-22)13-5-3-2-4-6-13/h2-6,11-12H,7-10H2,1H3,(H,19,20,24). The van der Waals surface area contributed by atoms with Crippen LogP contribution in [0.2, 0.25) is 0 Å². The van der Waals surface area contributed by atoms with Crippen molar-refractivity contribution in [3.05, 3.63) is 64.3 Å². The largest absolute Gasteiger partial charge is 0.356 e. The molecular formula is C18H19N5O. The summed E-state index contributed by atoms with van der Waals surface area (Å²) < 4.78 is 1.99. The number of hydrogen-bond acceptors (Lipinski definition) is 4. The van der Waals surface area contributed by atoms with Gasteiger partial charge in [-0.05, 0) is 6.42 Å². The second-order valence-corrected chi connectivity index (χ2v) is 6.02. The molecule has 3 aromatic rings. The molecule has 4 rings (SSSR count). The van der Waals surface area contributed by atoms with E-state index in [4.69, 9.17) is 5.10 Å². The van der Waals surface area contributed by atoms with Crippen molar-refractivity contribution in [3.63, 3.8) is 0 Å². The van der Waals surface area contributed by atoms with Crippen LogP contribution >= 0.6 is 0 Å². The Kier molecular flexibility index (Phi) is 3.65. The van der Waals surface area contributed by atoms with Crippen molar-refractivity contribution in [3.8, 4) is 11.3 Å². The minimum absolute atomic E-state index is 0.117. The van der Waals surface area contributed by atoms with Gasteiger partial charge in [0, 0.05) is 49.4 Å². The Morgan fingerprint density at radius 3 is 2.71 bits per heavy atom. The third-order valence-electron chi connectivity index (χ3n) is 4.56. The fourth-order valence-corrected chi connectivity index (χ4v) is 3.37. The molecule has 0 fully saturated rings. The number of aryl methyl sites for hydroxylation is 1. The third kappa shape index (κ3) is 2.60. The summed E-state index contributed by atoms with van der Waals surface area (Å²) in [6, 6.07) is 11.9. The van der Waals surface area contributed by atoms with Gasteiger partial charge in [0.25, 0.3) is 5.56 Å². The minimum Gasteiger partial charge on any atom is -0.356 e. The zero-order valence-corrected chi connectivity index (χ0v) is 13.6. The molecule has 0 unspecified atom stereocenters. The molecule has 0 saturated carbocycles. The monoisotopic (exact) mass is 321 g/mol. The summed E-state index contributed by atoms with van der Waals surface area (Å²) in [6.07, 6.45) is 3.24. The first-order valence-corrected chi connectivity index (χ1v) is 8.12. The van der Waals surface area contributed by atoms with Crippen LogP contribution in [0.5, 0.6) is 0 Å². The molecule has 0 atom stereocenters. The number of nitrogens with zero attached hydrogens (tertiary/aromatic N) is 4. The van der Waals surface area contributed by atoms with E-state index < -0.39 is 0 Å². The summed E-state index contributed by atoms with van der Waals surface area (Å²) in [6.45, 7) is 1.66. The SMILES string of the molecule is Cn1nc(-c2ccccc2)c2c1CCN(c1cc(=O)[nH]cn1)CC2. The molecule has 0 radical (unpaired) electrons. The Morgan fingerprint density at radius 2 is 1.92 bits per heavy atom. The molecule has 0 amide bonds. The lowest BCUT2D eigenvalue weighted by Gasteiger charge is -2.20. The Hall–Kier alpha value is -2.89. The van der Waals surface area contributed by atoms with Gasteiger partial charge in [0.2, 0.25) is 0 Å². The van der Waals surface area contributed by atoms with Gasteiger partial charge < -0.3 is 9.88 Å². The predicted octanol–water partition coefficient (Wildman–Crippen LogP) is 1.78. The highest BCUT2D eigenvalue weighted by molar-refractivity contribution is 5.64. The highest BCUT2D eigenvalue weighted by atomic mass is 16.1. The molecule has 6 heteroatoms. The van der Waals surface area contributed by atoms with Crippen molar-refractivity contribution in [1.82, 2.24) is 19.7 Å². The molecular weight excluding hydrogens is 302 g/mol. The number of hydrogen-bond donors (Lipinski definition) is 1. The molecule has 1 aliphatic heterocycles. The van der Waals surface area contributed by atoms with Crippen LogP contribution in [-0.2, 0) is 19.9 Å². The number of anilines is 1. The second kappa shape index (κ2) is 5.96. The number of nitrogens with one attached hydrogen (secondary N) is 1. The molecule has 6 nitrogen and oxygen atoms in total. The molecule has 3 heterocycles. The molecule has 0 bridgehead atoms. The Morgan fingerprint density at radius 1 is 1.12 bits per heavy atom. The van der Waals surface area contributed by atoms with Crippen LogP contribution in [0.15, 0.2) is 47.5 Å². The first kappa shape index (κ1) is 14.7. The normalized spacial score (nSPS) is 14.3. The van der Waals surface area contributed by atoms with Gasteiger partial charge in [0.05, 0.1) is 12.0 Å². The van der Waals surface area contributed by atoms with Crippen molar-refractivity contribution in [2.45, 2.75) is 12.8 Å². The van der Waals surface area contributed by atoms with Crippen LogP contribution in [0.4, 0.5) is 5.82 Å². The Bertz CT molecular complexity index is 913. The molecule has 0 spiro atoms. The first-order valence-electron chi connectivity index (χ1n) is 8.12. The van der Waals surface area contributed by atoms with Crippen LogP contribution in [0, 0.1) is 0 Å². The number of H-pyrrole nitrogens is 1. The van der Waals surface area contributed by atoms with Crippen molar-refractivity contribution in [2.24, 2.45) is 7.05 Å². The number of benzene rings is 1. The summed E-state index contributed by atoms with van der Waals surface area (Å²) in [4.78, 5) is 20.6. The van der Waals surface area contributed by atoms with Crippen molar-refractivity contribution >= 4 is 5.82 Å². The van der Waals surface area contributed by atoms with E-state index in [2.05, 4.69) is 27.0 Å². The van der Waals surface area contributed by atoms with E-state index in [1.165, 1.54) is 17.6 Å². The van der Waals surface area contributed by atoms with Crippen LogP contribution < -0.4 is 10.5 Å². The molecule has 24 heavy (non-hydrogen) atoms. The molecule has 1 aromatic carbocycles. The van der Waals surface area contributed by atoms with Gasteiger partial charge >= 0.3 is 0 Å². The fourth-order valence-electron chi connectivity index (χ4n) is 3.37. The summed E-state index contributed by atoms with van der Waals surface area (Å²) in [5.41, 5.74) is 4.66. The zero-order chi connectivity index (χ0) is 16.5. The molecule has 1 aliphatic rings. The highest BCUT2D eigenvalue weighted by Gasteiger charge is 2.22. The molecule has 1 N–H and O–H groups in total. The lowest BCUT2D eigenvalue weighted by molar-refractivity contribution is 0.697. The molecule has 0 saturated heterocycles. The van der Waals surface area contributed by atoms with E-state index >= 15 is 0 Å². The van der Waals surface area contributed by atoms with E-state index in [1.807, 2.05) is 29.9 Å². The Labute approximate surface area is 139 Å². The van der Waals surface area contributed by atoms with Gasteiger partial charge in [0.15, 0.2) is 0 Å². The van der Waals surface area contributed by atoms with Crippen molar-refractivity contribution in [2.75, 3.05) is 18.0 Å². The van der Waals surface area contributed by atoms with Crippen molar-refractivity contribution < 1.29 is 0 Å². The topological polar surface area (TPSA) is 66.8 Å². The van der Waals surface area contributed by atoms with Gasteiger partial charge in [-0.25, -0.2) is 4.98 Å². The van der Waals surface area contributed by atoms with Crippen molar-refractivity contribution in [1.29, 1.82) is 0 Å². The van der Waals surface area contributed by atoms with Gasteiger partial charge in [-0.3, -0.25) is 9.48 Å². The first-order chi connectivity index (χ1) is 11.7. The average Bonchev–Trinajstić information content (AvgIpc) is 2.79. The minimum atomic E-state index is -0.117. The van der Waals surface area contributed by atoms with Gasteiger partial charge in [-0.1, -0.05) is 30.3 Å². The van der Waals surface area contributed by atoms with E-state index in [0.717, 1.165) is 43.0 Å². The summed E-state index contributed by atoms with van der Waals surface area (Å²) in [7, 11) is 2.01. The maximum atomic E-state index is 11.5. The predicted molar refractivity (Wildman–Crippen MR) is 93.1 cm³/mol. The molecule has 0 aliphatic carbocycles. The lowest BCUT2D eigenvalue weighted by atomic mass is 10.0. The van der Waals surface area contributed by atoms with Crippen LogP contribution in [0.3, 0.4) is 0 Å². The van der Waals surface area contributed by atoms with Gasteiger partial charge in [0.1, 0.15) is 5.82 Å². The summed E-state index contributed by atoms with van der Waals surface area (Å²) in [5, 5.41) is 4.74. The van der Waals surface area contributed by atoms with E-state index in [1.54, 1.807) is 6.07 Å². The second-order valence-electron chi connectivity index (χ2n) is 6.02. The summed E-state index contributed by atoms with van der Waals surface area (Å²) >= 11 is 0. The number of aromatic nitrogens is 4. The number of rotatable bonds is 2. The highest BCUT2D eigenvalue weighted by Crippen LogP contribution is 2.28. The Balaban J connectivity index is 1.67. The lowest BCUT2D eigenvalue weighted by Crippen LogP contribution is -2.28. The smallest absolute Gasteiger partial charge is 0.252 e. The number of fused-ring (bicyclic) bond motifs is 1. The van der Waals surface area contributed by atoms with Crippen LogP contribution in [0.25, 0.3) is 11.3 Å². The third-order valence-corrected chi connectivity index (χ3v) is 4.56. The average molecular weight is 321 g/mol. The fraction of sp³-hybridized carbons (Fsp3) is 0.278. The maximum Gasteiger partial charge on any atom is 0.252 e. The maximum absolute atomic E-state index is 11.5. The molecule has 2 aromatic heterocycles. The van der Waals surface area contributed by atoms with Crippen LogP contribution in [-0.4, -0.2) is 32.8 Å². The van der Waals surface area contributed by atoms with Gasteiger partial charge in [-0.15, -0.1) is 0 Å². The molecule has 122 valence electrons. The number of aromatic amines is 1. The van der Waals surface area contributed by atoms with Crippen LogP contribution in [0.1, 0.15) is 11.3 Å². The van der Waals surface area contributed by atoms with E-state index in [9.17, 15) is 4.79 Å². The quantitative estimate of drug-likeness (QED) is 0.781. The summed E-state index contributed by atoms with van der Waals surface area (Å²) in [5.74, 6) is 0.737. The van der Waals surface area contributed by atoms with E-state index in [0.29, 0.717) is 0 Å². The van der Waals surface area contributed by atoms with E-state index in [-0.39, 0.29) is 5.56 Å².